The minimum absolute atomic E-state index is 0.575. The van der Waals surface area contributed by atoms with Gasteiger partial charge in [-0.15, -0.1) is 0 Å². The highest BCUT2D eigenvalue weighted by atomic mass is 15.2. The summed E-state index contributed by atoms with van der Waals surface area (Å²) < 4.78 is 0. The second-order valence-electron chi connectivity index (χ2n) is 4.63. The zero-order valence-corrected chi connectivity index (χ0v) is 10.4. The van der Waals surface area contributed by atoms with Crippen molar-refractivity contribution in [2.24, 2.45) is 5.73 Å². The number of anilines is 1. The van der Waals surface area contributed by atoms with Crippen LogP contribution in [-0.2, 0) is 6.54 Å². The Labute approximate surface area is 107 Å². The molecule has 3 rings (SSSR count). The van der Waals surface area contributed by atoms with Gasteiger partial charge in [-0.2, -0.15) is 0 Å². The Kier molecular flexibility index (Phi) is 3.13. The molecule has 0 unspecified atom stereocenters. The molecule has 4 nitrogen and oxygen atoms in total. The van der Waals surface area contributed by atoms with Crippen LogP contribution in [0.3, 0.4) is 0 Å². The number of benzene rings is 1. The highest BCUT2D eigenvalue weighted by Crippen LogP contribution is 2.25. The normalized spacial score (nSPS) is 16.2. The highest BCUT2D eigenvalue weighted by molar-refractivity contribution is 5.92. The van der Waals surface area contributed by atoms with Crippen LogP contribution in [0.2, 0.25) is 0 Å². The summed E-state index contributed by atoms with van der Waals surface area (Å²) in [7, 11) is 0. The molecule has 1 fully saturated rings. The number of hydrogen-bond acceptors (Lipinski definition) is 4. The van der Waals surface area contributed by atoms with Crippen LogP contribution < -0.4 is 16.0 Å². The van der Waals surface area contributed by atoms with E-state index < -0.39 is 0 Å². The summed E-state index contributed by atoms with van der Waals surface area (Å²) in [6.45, 7) is 4.65. The Hall–Kier alpha value is -1.65. The molecule has 1 aliphatic rings. The predicted octanol–water partition coefficient (Wildman–Crippen LogP) is 1.10. The van der Waals surface area contributed by atoms with E-state index in [2.05, 4.69) is 39.5 Å². The number of nitrogens with zero attached hydrogens (tertiary/aromatic N) is 2. The average molecular weight is 242 g/mol. The molecule has 0 amide bonds. The first-order valence-corrected chi connectivity index (χ1v) is 6.42. The van der Waals surface area contributed by atoms with Crippen LogP contribution >= 0.6 is 0 Å². The van der Waals surface area contributed by atoms with Crippen LogP contribution in [0.15, 0.2) is 30.5 Å². The van der Waals surface area contributed by atoms with Gasteiger partial charge in [0.05, 0.1) is 0 Å². The summed E-state index contributed by atoms with van der Waals surface area (Å²) >= 11 is 0. The molecule has 4 heteroatoms. The third-order valence-electron chi connectivity index (χ3n) is 3.46. The molecule has 0 atom stereocenters. The average Bonchev–Trinajstić information content (AvgIpc) is 2.47. The van der Waals surface area contributed by atoms with Crippen molar-refractivity contribution in [2.75, 3.05) is 31.1 Å². The van der Waals surface area contributed by atoms with Crippen molar-refractivity contribution in [1.82, 2.24) is 10.3 Å². The Morgan fingerprint density at radius 2 is 2.06 bits per heavy atom. The number of rotatable bonds is 2. The lowest BCUT2D eigenvalue weighted by atomic mass is 10.1. The molecule has 2 aromatic rings. The summed E-state index contributed by atoms with van der Waals surface area (Å²) in [5.41, 5.74) is 6.88. The largest absolute Gasteiger partial charge is 0.354 e. The van der Waals surface area contributed by atoms with Crippen LogP contribution in [0, 0.1) is 0 Å². The Morgan fingerprint density at radius 3 is 2.83 bits per heavy atom. The second kappa shape index (κ2) is 4.92. The van der Waals surface area contributed by atoms with Crippen LogP contribution in [0.25, 0.3) is 10.8 Å². The fourth-order valence-corrected chi connectivity index (χ4v) is 2.46. The van der Waals surface area contributed by atoms with Crippen molar-refractivity contribution in [3.05, 3.63) is 36.0 Å². The summed E-state index contributed by atoms with van der Waals surface area (Å²) in [6, 6.07) is 8.44. The maximum absolute atomic E-state index is 5.73. The summed E-state index contributed by atoms with van der Waals surface area (Å²) in [4.78, 5) is 6.91. The smallest absolute Gasteiger partial charge is 0.136 e. The number of pyridine rings is 1. The molecular formula is C14H18N4. The van der Waals surface area contributed by atoms with E-state index in [9.17, 15) is 0 Å². The van der Waals surface area contributed by atoms with Gasteiger partial charge >= 0.3 is 0 Å². The van der Waals surface area contributed by atoms with Crippen LogP contribution in [0.5, 0.6) is 0 Å². The Morgan fingerprint density at radius 1 is 1.22 bits per heavy atom. The van der Waals surface area contributed by atoms with Crippen molar-refractivity contribution in [3.8, 4) is 0 Å². The van der Waals surface area contributed by atoms with E-state index in [-0.39, 0.29) is 0 Å². The molecule has 0 bridgehead atoms. The lowest BCUT2D eigenvalue weighted by molar-refractivity contribution is 0.586. The first kappa shape index (κ1) is 11.4. The molecule has 1 saturated heterocycles. The number of fused-ring (bicyclic) bond motifs is 1. The zero-order valence-electron chi connectivity index (χ0n) is 10.4. The van der Waals surface area contributed by atoms with Gasteiger partial charge in [0, 0.05) is 44.3 Å². The lowest BCUT2D eigenvalue weighted by Crippen LogP contribution is -2.43. The van der Waals surface area contributed by atoms with Crippen molar-refractivity contribution < 1.29 is 0 Å². The molecule has 0 aliphatic carbocycles. The molecule has 0 saturated carbocycles. The van der Waals surface area contributed by atoms with Gasteiger partial charge in [-0.25, -0.2) is 4.98 Å². The van der Waals surface area contributed by atoms with Gasteiger partial charge in [-0.1, -0.05) is 12.1 Å². The number of nitrogens with two attached hydrogens (primary N) is 1. The number of nitrogens with one attached hydrogen (secondary N) is 1. The highest BCUT2D eigenvalue weighted by Gasteiger charge is 2.14. The summed E-state index contributed by atoms with van der Waals surface area (Å²) in [5.74, 6) is 1.09. The predicted molar refractivity (Wildman–Crippen MR) is 74.7 cm³/mol. The van der Waals surface area contributed by atoms with E-state index in [0.29, 0.717) is 6.54 Å². The zero-order chi connectivity index (χ0) is 12.4. The van der Waals surface area contributed by atoms with E-state index in [0.717, 1.165) is 37.6 Å². The standard InChI is InChI=1S/C14H18N4/c15-10-11-1-2-12-3-4-17-14(13(12)9-11)18-7-5-16-6-8-18/h1-4,9,16H,5-8,10,15H2. The van der Waals surface area contributed by atoms with Gasteiger partial charge in [-0.3, -0.25) is 0 Å². The second-order valence-corrected chi connectivity index (χ2v) is 4.63. The molecule has 1 aromatic heterocycles. The first-order chi connectivity index (χ1) is 8.88. The van der Waals surface area contributed by atoms with Crippen LogP contribution in [-0.4, -0.2) is 31.2 Å². The van der Waals surface area contributed by atoms with Crippen molar-refractivity contribution in [2.45, 2.75) is 6.54 Å². The van der Waals surface area contributed by atoms with E-state index in [1.807, 2.05) is 6.20 Å². The molecular weight excluding hydrogens is 224 g/mol. The third-order valence-corrected chi connectivity index (χ3v) is 3.46. The Bertz CT molecular complexity index is 546. The van der Waals surface area contributed by atoms with Crippen molar-refractivity contribution in [3.63, 3.8) is 0 Å². The van der Waals surface area contributed by atoms with E-state index in [4.69, 9.17) is 5.73 Å². The molecule has 1 aromatic carbocycles. The quantitative estimate of drug-likeness (QED) is 0.828. The van der Waals surface area contributed by atoms with Crippen LogP contribution in [0.4, 0.5) is 5.82 Å². The molecule has 3 N–H and O–H groups in total. The monoisotopic (exact) mass is 242 g/mol. The van der Waals surface area contributed by atoms with Gasteiger partial charge in [0.25, 0.3) is 0 Å². The molecule has 18 heavy (non-hydrogen) atoms. The lowest BCUT2D eigenvalue weighted by Gasteiger charge is -2.29. The van der Waals surface area contributed by atoms with Gasteiger partial charge in [0.15, 0.2) is 0 Å². The van der Waals surface area contributed by atoms with E-state index in [1.165, 1.54) is 10.8 Å². The third kappa shape index (κ3) is 2.05. The fraction of sp³-hybridized carbons (Fsp3) is 0.357. The van der Waals surface area contributed by atoms with Gasteiger partial charge in [0.2, 0.25) is 0 Å². The van der Waals surface area contributed by atoms with Crippen LogP contribution in [0.1, 0.15) is 5.56 Å². The Balaban J connectivity index is 2.09. The topological polar surface area (TPSA) is 54.2 Å². The minimum atomic E-state index is 0.575. The number of piperazine rings is 1. The molecule has 1 aliphatic heterocycles. The molecule has 94 valence electrons. The number of aromatic nitrogens is 1. The molecule has 0 radical (unpaired) electrons. The van der Waals surface area contributed by atoms with Gasteiger partial charge < -0.3 is 16.0 Å². The summed E-state index contributed by atoms with van der Waals surface area (Å²) in [6.07, 6.45) is 1.89. The van der Waals surface area contributed by atoms with E-state index in [1.54, 1.807) is 0 Å². The van der Waals surface area contributed by atoms with E-state index >= 15 is 0 Å². The maximum Gasteiger partial charge on any atom is 0.136 e. The first-order valence-electron chi connectivity index (χ1n) is 6.42. The maximum atomic E-state index is 5.73. The molecule has 2 heterocycles. The van der Waals surface area contributed by atoms with Gasteiger partial charge in [0.1, 0.15) is 5.82 Å². The minimum Gasteiger partial charge on any atom is -0.354 e. The summed E-state index contributed by atoms with van der Waals surface area (Å²) in [5, 5.41) is 5.81. The van der Waals surface area contributed by atoms with Gasteiger partial charge in [-0.05, 0) is 23.1 Å². The fourth-order valence-electron chi connectivity index (χ4n) is 2.46. The van der Waals surface area contributed by atoms with Crippen molar-refractivity contribution in [1.29, 1.82) is 0 Å². The molecule has 0 spiro atoms. The SMILES string of the molecule is NCc1ccc2ccnc(N3CCNCC3)c2c1. The van der Waals surface area contributed by atoms with Crippen molar-refractivity contribution >= 4 is 16.6 Å². The number of hydrogen-bond donors (Lipinski definition) is 2.